The van der Waals surface area contributed by atoms with Crippen LogP contribution in [0.5, 0.6) is 0 Å². The summed E-state index contributed by atoms with van der Waals surface area (Å²) in [5.74, 6) is 0. The molecule has 4 nitrogen and oxygen atoms in total. The van der Waals surface area contributed by atoms with Crippen molar-refractivity contribution < 1.29 is 5.11 Å². The summed E-state index contributed by atoms with van der Waals surface area (Å²) in [5, 5.41) is 9.91. The minimum atomic E-state index is -0.555. The number of fused-ring (bicyclic) bond motifs is 1. The third kappa shape index (κ3) is 1.84. The number of hydrogen-bond donors (Lipinski definition) is 1. The number of aliphatic hydroxyl groups is 1. The van der Waals surface area contributed by atoms with Crippen molar-refractivity contribution in [1.82, 2.24) is 9.55 Å². The molecule has 0 aliphatic carbocycles. The van der Waals surface area contributed by atoms with E-state index in [2.05, 4.69) is 4.98 Å². The number of rotatable bonds is 2. The molecule has 1 N–H and O–H groups in total. The van der Waals surface area contributed by atoms with Gasteiger partial charge in [0.15, 0.2) is 0 Å². The number of nitrogens with zero attached hydrogens (tertiary/aromatic N) is 2. The Hall–Kier alpha value is -1.68. The second kappa shape index (κ2) is 4.06. The van der Waals surface area contributed by atoms with Gasteiger partial charge in [-0.3, -0.25) is 9.36 Å². The van der Waals surface area contributed by atoms with Gasteiger partial charge < -0.3 is 5.11 Å². The van der Waals surface area contributed by atoms with Crippen LogP contribution in [0.25, 0.3) is 10.9 Å². The first kappa shape index (κ1) is 10.8. The lowest BCUT2D eigenvalue weighted by molar-refractivity contribution is 0.172. The molecular weight excluding hydrogens is 204 g/mol. The van der Waals surface area contributed by atoms with Crippen molar-refractivity contribution in [3.8, 4) is 0 Å². The normalized spacial score (nSPS) is 12.9. The van der Waals surface area contributed by atoms with E-state index in [0.29, 0.717) is 10.9 Å². The molecule has 0 fully saturated rings. The molecule has 1 unspecified atom stereocenters. The van der Waals surface area contributed by atoms with Gasteiger partial charge in [-0.1, -0.05) is 12.1 Å². The zero-order valence-corrected chi connectivity index (χ0v) is 9.34. The first-order valence-corrected chi connectivity index (χ1v) is 5.22. The Bertz CT molecular complexity index is 573. The van der Waals surface area contributed by atoms with Gasteiger partial charge in [-0.15, -0.1) is 0 Å². The van der Waals surface area contributed by atoms with Gasteiger partial charge in [0.2, 0.25) is 0 Å². The summed E-state index contributed by atoms with van der Waals surface area (Å²) in [6.45, 7) is 3.81. The van der Waals surface area contributed by atoms with Gasteiger partial charge in [0.25, 0.3) is 5.56 Å². The minimum Gasteiger partial charge on any atom is -0.392 e. The summed E-state index contributed by atoms with van der Waals surface area (Å²) in [7, 11) is 0. The van der Waals surface area contributed by atoms with E-state index in [4.69, 9.17) is 0 Å². The van der Waals surface area contributed by atoms with Gasteiger partial charge in [-0.25, -0.2) is 4.98 Å². The summed E-state index contributed by atoms with van der Waals surface area (Å²) in [4.78, 5) is 16.3. The first-order chi connectivity index (χ1) is 7.59. The maximum absolute atomic E-state index is 12.1. The summed E-state index contributed by atoms with van der Waals surface area (Å²) >= 11 is 0. The fraction of sp³-hybridized carbons (Fsp3) is 0.333. The maximum Gasteiger partial charge on any atom is 0.261 e. The molecule has 0 spiro atoms. The first-order valence-electron chi connectivity index (χ1n) is 5.22. The summed E-state index contributed by atoms with van der Waals surface area (Å²) in [6, 6.07) is 5.58. The Kier molecular flexibility index (Phi) is 2.75. The third-order valence-electron chi connectivity index (χ3n) is 2.52. The molecule has 0 radical (unpaired) electrons. The maximum atomic E-state index is 12.1. The second-order valence-electron chi connectivity index (χ2n) is 4.02. The smallest absolute Gasteiger partial charge is 0.261 e. The number of aromatic nitrogens is 2. The molecule has 84 valence electrons. The fourth-order valence-corrected chi connectivity index (χ4v) is 1.78. The van der Waals surface area contributed by atoms with E-state index >= 15 is 0 Å². The average molecular weight is 218 g/mol. The van der Waals surface area contributed by atoms with Gasteiger partial charge in [0, 0.05) is 0 Å². The Balaban J connectivity index is 2.69. The van der Waals surface area contributed by atoms with Crippen LogP contribution < -0.4 is 5.56 Å². The van der Waals surface area contributed by atoms with Crippen LogP contribution >= 0.6 is 0 Å². The summed E-state index contributed by atoms with van der Waals surface area (Å²) in [6.07, 6.45) is 0.928. The largest absolute Gasteiger partial charge is 0.392 e. The highest BCUT2D eigenvalue weighted by Gasteiger charge is 2.07. The van der Waals surface area contributed by atoms with Crippen molar-refractivity contribution >= 4 is 10.9 Å². The van der Waals surface area contributed by atoms with Crippen LogP contribution in [0.2, 0.25) is 0 Å². The monoisotopic (exact) mass is 218 g/mol. The van der Waals surface area contributed by atoms with Crippen LogP contribution in [0.1, 0.15) is 12.5 Å². The number of aryl methyl sites for hydroxylation is 1. The van der Waals surface area contributed by atoms with Gasteiger partial charge in [0.05, 0.1) is 29.9 Å². The number of aliphatic hydroxyl groups excluding tert-OH is 1. The van der Waals surface area contributed by atoms with Gasteiger partial charge in [-0.05, 0) is 25.5 Å². The highest BCUT2D eigenvalue weighted by atomic mass is 16.3. The van der Waals surface area contributed by atoms with Crippen molar-refractivity contribution in [3.05, 3.63) is 40.4 Å². The zero-order valence-electron chi connectivity index (χ0n) is 9.34. The van der Waals surface area contributed by atoms with Crippen LogP contribution in [-0.4, -0.2) is 20.8 Å². The van der Waals surface area contributed by atoms with E-state index in [9.17, 15) is 9.90 Å². The Labute approximate surface area is 93.2 Å². The molecule has 0 saturated heterocycles. The van der Waals surface area contributed by atoms with Crippen LogP contribution in [0, 0.1) is 6.92 Å². The molecule has 1 aromatic heterocycles. The third-order valence-corrected chi connectivity index (χ3v) is 2.52. The van der Waals surface area contributed by atoms with E-state index in [1.807, 2.05) is 25.1 Å². The summed E-state index contributed by atoms with van der Waals surface area (Å²) in [5.41, 5.74) is 1.52. The SMILES string of the molecule is Cc1cccc2ncn(CC(C)O)c(=O)c12. The van der Waals surface area contributed by atoms with E-state index < -0.39 is 6.10 Å². The standard InChI is InChI=1S/C12H14N2O2/c1-8-4-3-5-10-11(8)12(16)14(7-13-10)6-9(2)15/h3-5,7,9,15H,6H2,1-2H3. The lowest BCUT2D eigenvalue weighted by Crippen LogP contribution is -2.25. The van der Waals surface area contributed by atoms with Crippen molar-refractivity contribution in [2.24, 2.45) is 0 Å². The van der Waals surface area contributed by atoms with Crippen molar-refractivity contribution in [3.63, 3.8) is 0 Å². The van der Waals surface area contributed by atoms with Crippen LogP contribution in [0.4, 0.5) is 0 Å². The molecule has 2 rings (SSSR count). The fourth-order valence-electron chi connectivity index (χ4n) is 1.78. The Morgan fingerprint density at radius 1 is 1.50 bits per heavy atom. The van der Waals surface area contributed by atoms with Crippen LogP contribution in [0.3, 0.4) is 0 Å². The summed E-state index contributed by atoms with van der Waals surface area (Å²) < 4.78 is 1.44. The van der Waals surface area contributed by atoms with Crippen LogP contribution in [0.15, 0.2) is 29.3 Å². The second-order valence-corrected chi connectivity index (χ2v) is 4.02. The molecule has 1 aromatic carbocycles. The minimum absolute atomic E-state index is 0.0935. The number of hydrogen-bond acceptors (Lipinski definition) is 3. The van der Waals surface area contributed by atoms with Crippen molar-refractivity contribution in [2.75, 3.05) is 0 Å². The topological polar surface area (TPSA) is 55.1 Å². The molecule has 2 aromatic rings. The van der Waals surface area contributed by atoms with Gasteiger partial charge in [0.1, 0.15) is 0 Å². The molecule has 1 atom stereocenters. The quantitative estimate of drug-likeness (QED) is 0.820. The number of benzene rings is 1. The highest BCUT2D eigenvalue weighted by molar-refractivity contribution is 5.80. The molecule has 1 heterocycles. The molecule has 0 amide bonds. The van der Waals surface area contributed by atoms with E-state index in [1.165, 1.54) is 10.9 Å². The van der Waals surface area contributed by atoms with Crippen molar-refractivity contribution in [2.45, 2.75) is 26.5 Å². The lowest BCUT2D eigenvalue weighted by Gasteiger charge is -2.09. The molecular formula is C12H14N2O2. The van der Waals surface area contributed by atoms with Crippen LogP contribution in [-0.2, 0) is 6.54 Å². The molecule has 0 bridgehead atoms. The lowest BCUT2D eigenvalue weighted by atomic mass is 10.1. The highest BCUT2D eigenvalue weighted by Crippen LogP contribution is 2.10. The Morgan fingerprint density at radius 3 is 2.94 bits per heavy atom. The molecule has 0 aliphatic heterocycles. The zero-order chi connectivity index (χ0) is 11.7. The molecule has 0 saturated carbocycles. The van der Waals surface area contributed by atoms with E-state index in [1.54, 1.807) is 6.92 Å². The molecule has 0 aliphatic rings. The predicted octanol–water partition coefficient (Wildman–Crippen LogP) is 1.09. The molecule has 4 heteroatoms. The van der Waals surface area contributed by atoms with Crippen molar-refractivity contribution in [1.29, 1.82) is 0 Å². The predicted molar refractivity (Wildman–Crippen MR) is 62.4 cm³/mol. The van der Waals surface area contributed by atoms with Gasteiger partial charge >= 0.3 is 0 Å². The molecule has 16 heavy (non-hydrogen) atoms. The Morgan fingerprint density at radius 2 is 2.25 bits per heavy atom. The van der Waals surface area contributed by atoms with E-state index in [-0.39, 0.29) is 12.1 Å². The van der Waals surface area contributed by atoms with E-state index in [0.717, 1.165) is 5.56 Å². The average Bonchev–Trinajstić information content (AvgIpc) is 2.22. The van der Waals surface area contributed by atoms with Gasteiger partial charge in [-0.2, -0.15) is 0 Å².